The lowest BCUT2D eigenvalue weighted by atomic mass is 10.0. The molecule has 0 fully saturated rings. The Kier molecular flexibility index (Phi) is 4.63. The fourth-order valence-electron chi connectivity index (χ4n) is 2.26. The average Bonchev–Trinajstić information content (AvgIpc) is 2.40. The molecule has 0 radical (unpaired) electrons. The number of anilines is 1. The monoisotopic (exact) mass is 292 g/mol. The summed E-state index contributed by atoms with van der Waals surface area (Å²) in [6.07, 6.45) is 0. The number of nitrogens with two attached hydrogens (primary N) is 1. The van der Waals surface area contributed by atoms with Gasteiger partial charge in [0, 0.05) is 35.9 Å². The second-order valence-electron chi connectivity index (χ2n) is 4.94. The molecule has 2 aromatic rings. The molecule has 0 aliphatic carbocycles. The number of hydrogen-bond donors (Lipinski definition) is 1. The lowest BCUT2D eigenvalue weighted by Gasteiger charge is -2.24. The molecule has 0 aromatic heterocycles. The van der Waals surface area contributed by atoms with E-state index < -0.39 is 0 Å². The maximum atomic E-state index is 13.9. The molecule has 2 rings (SSSR count). The van der Waals surface area contributed by atoms with Crippen molar-refractivity contribution in [1.82, 2.24) is 0 Å². The van der Waals surface area contributed by atoms with Gasteiger partial charge in [-0.15, -0.1) is 0 Å². The van der Waals surface area contributed by atoms with Crippen molar-refractivity contribution < 1.29 is 4.39 Å². The van der Waals surface area contributed by atoms with Gasteiger partial charge in [-0.25, -0.2) is 4.39 Å². The highest BCUT2D eigenvalue weighted by molar-refractivity contribution is 6.30. The molecule has 0 spiro atoms. The van der Waals surface area contributed by atoms with Crippen LogP contribution in [-0.4, -0.2) is 7.05 Å². The summed E-state index contributed by atoms with van der Waals surface area (Å²) in [4.78, 5) is 1.99. The topological polar surface area (TPSA) is 29.3 Å². The van der Waals surface area contributed by atoms with Crippen molar-refractivity contribution >= 4 is 17.3 Å². The highest BCUT2D eigenvalue weighted by Crippen LogP contribution is 2.28. The van der Waals surface area contributed by atoms with Crippen LogP contribution in [0.4, 0.5) is 10.1 Å². The quantitative estimate of drug-likeness (QED) is 0.918. The van der Waals surface area contributed by atoms with Gasteiger partial charge in [0.2, 0.25) is 0 Å². The first-order valence-corrected chi connectivity index (χ1v) is 6.86. The first-order chi connectivity index (χ1) is 9.49. The number of nitrogens with zero attached hydrogens (tertiary/aromatic N) is 1. The molecule has 0 unspecified atom stereocenters. The zero-order valence-electron chi connectivity index (χ0n) is 11.6. The zero-order chi connectivity index (χ0) is 14.7. The van der Waals surface area contributed by atoms with Crippen LogP contribution < -0.4 is 10.6 Å². The molecule has 4 heteroatoms. The van der Waals surface area contributed by atoms with Gasteiger partial charge in [0.05, 0.1) is 0 Å². The van der Waals surface area contributed by atoms with Crippen LogP contribution >= 0.6 is 11.6 Å². The van der Waals surface area contributed by atoms with Gasteiger partial charge >= 0.3 is 0 Å². The summed E-state index contributed by atoms with van der Waals surface area (Å²) in [6, 6.07) is 12.3. The Morgan fingerprint density at radius 3 is 2.45 bits per heavy atom. The van der Waals surface area contributed by atoms with Crippen LogP contribution in [0.25, 0.3) is 0 Å². The molecule has 0 saturated carbocycles. The molecule has 0 aliphatic rings. The van der Waals surface area contributed by atoms with E-state index in [0.717, 1.165) is 11.3 Å². The highest BCUT2D eigenvalue weighted by Gasteiger charge is 2.15. The third kappa shape index (κ3) is 3.30. The largest absolute Gasteiger partial charge is 0.370 e. The summed E-state index contributed by atoms with van der Waals surface area (Å²) in [7, 11) is 1.93. The summed E-state index contributed by atoms with van der Waals surface area (Å²) < 4.78 is 13.9. The minimum Gasteiger partial charge on any atom is -0.370 e. The smallest absolute Gasteiger partial charge is 0.130 e. The lowest BCUT2D eigenvalue weighted by Crippen LogP contribution is -2.21. The van der Waals surface area contributed by atoms with Crippen LogP contribution in [0, 0.1) is 5.82 Å². The van der Waals surface area contributed by atoms with E-state index in [1.165, 1.54) is 6.07 Å². The van der Waals surface area contributed by atoms with Crippen molar-refractivity contribution in [2.75, 3.05) is 11.9 Å². The maximum absolute atomic E-state index is 13.9. The van der Waals surface area contributed by atoms with Gasteiger partial charge in [0.1, 0.15) is 5.82 Å². The van der Waals surface area contributed by atoms with E-state index >= 15 is 0 Å². The second kappa shape index (κ2) is 6.25. The van der Waals surface area contributed by atoms with E-state index in [9.17, 15) is 4.39 Å². The number of hydrogen-bond acceptors (Lipinski definition) is 2. The van der Waals surface area contributed by atoms with E-state index in [0.29, 0.717) is 17.1 Å². The third-order valence-corrected chi connectivity index (χ3v) is 3.48. The van der Waals surface area contributed by atoms with Gasteiger partial charge in [-0.2, -0.15) is 0 Å². The summed E-state index contributed by atoms with van der Waals surface area (Å²) in [6.45, 7) is 2.46. The highest BCUT2D eigenvalue weighted by atomic mass is 35.5. The van der Waals surface area contributed by atoms with Crippen LogP contribution in [0.1, 0.15) is 24.1 Å². The second-order valence-corrected chi connectivity index (χ2v) is 5.38. The SMILES string of the molecule is C[C@@H](N)c1c(F)cccc1N(C)Cc1ccc(Cl)cc1. The summed E-state index contributed by atoms with van der Waals surface area (Å²) in [5.41, 5.74) is 8.35. The molecule has 1 atom stereocenters. The minimum atomic E-state index is -0.348. The predicted molar refractivity (Wildman–Crippen MR) is 82.6 cm³/mol. The summed E-state index contributed by atoms with van der Waals surface area (Å²) in [5, 5.41) is 0.707. The fraction of sp³-hybridized carbons (Fsp3) is 0.250. The van der Waals surface area contributed by atoms with Gasteiger partial charge in [-0.3, -0.25) is 0 Å². The minimum absolute atomic E-state index is 0.263. The van der Waals surface area contributed by atoms with Gasteiger partial charge < -0.3 is 10.6 Å². The Labute approximate surface area is 124 Å². The van der Waals surface area contributed by atoms with Crippen molar-refractivity contribution in [1.29, 1.82) is 0 Å². The molecule has 2 nitrogen and oxygen atoms in total. The van der Waals surface area contributed by atoms with Crippen LogP contribution in [0.5, 0.6) is 0 Å². The molecular formula is C16H18ClFN2. The van der Waals surface area contributed by atoms with Gasteiger partial charge in [-0.1, -0.05) is 29.8 Å². The summed E-state index contributed by atoms with van der Waals surface area (Å²) >= 11 is 5.87. The van der Waals surface area contributed by atoms with Crippen LogP contribution in [-0.2, 0) is 6.54 Å². The van der Waals surface area contributed by atoms with Crippen molar-refractivity contribution in [2.45, 2.75) is 19.5 Å². The lowest BCUT2D eigenvalue weighted by molar-refractivity contribution is 0.592. The van der Waals surface area contributed by atoms with E-state index in [-0.39, 0.29) is 11.9 Å². The first kappa shape index (κ1) is 14.8. The molecule has 20 heavy (non-hydrogen) atoms. The molecule has 0 heterocycles. The average molecular weight is 293 g/mol. The molecular weight excluding hydrogens is 275 g/mol. The molecule has 0 aliphatic heterocycles. The van der Waals surface area contributed by atoms with Crippen molar-refractivity contribution in [3.05, 3.63) is 64.4 Å². The van der Waals surface area contributed by atoms with Gasteiger partial charge in [0.25, 0.3) is 0 Å². The maximum Gasteiger partial charge on any atom is 0.130 e. The predicted octanol–water partition coefficient (Wildman–Crippen LogP) is 4.14. The van der Waals surface area contributed by atoms with Crippen LogP contribution in [0.15, 0.2) is 42.5 Å². The van der Waals surface area contributed by atoms with Crippen molar-refractivity contribution in [2.24, 2.45) is 5.73 Å². The summed E-state index contributed by atoms with van der Waals surface area (Å²) in [5.74, 6) is -0.263. The number of benzene rings is 2. The number of halogens is 2. The van der Waals surface area contributed by atoms with Crippen LogP contribution in [0.2, 0.25) is 5.02 Å². The van der Waals surface area contributed by atoms with E-state index in [1.54, 1.807) is 13.0 Å². The van der Waals surface area contributed by atoms with E-state index in [2.05, 4.69) is 0 Å². The van der Waals surface area contributed by atoms with Gasteiger partial charge in [-0.05, 0) is 36.8 Å². The molecule has 0 amide bonds. The van der Waals surface area contributed by atoms with Crippen LogP contribution in [0.3, 0.4) is 0 Å². The Morgan fingerprint density at radius 1 is 1.20 bits per heavy atom. The van der Waals surface area contributed by atoms with Gasteiger partial charge in [0.15, 0.2) is 0 Å². The van der Waals surface area contributed by atoms with Crippen molar-refractivity contribution in [3.63, 3.8) is 0 Å². The molecule has 0 bridgehead atoms. The molecule has 2 N–H and O–H groups in total. The van der Waals surface area contributed by atoms with E-state index in [1.807, 2.05) is 42.3 Å². The van der Waals surface area contributed by atoms with E-state index in [4.69, 9.17) is 17.3 Å². The third-order valence-electron chi connectivity index (χ3n) is 3.23. The Hall–Kier alpha value is -1.58. The Morgan fingerprint density at radius 2 is 1.85 bits per heavy atom. The molecule has 0 saturated heterocycles. The standard InChI is InChI=1S/C16H18ClFN2/c1-11(19)16-14(18)4-3-5-15(16)20(2)10-12-6-8-13(17)9-7-12/h3-9,11H,10,19H2,1-2H3/t11-/m1/s1. The fourth-order valence-corrected chi connectivity index (χ4v) is 2.38. The van der Waals surface area contributed by atoms with Crippen molar-refractivity contribution in [3.8, 4) is 0 Å². The zero-order valence-corrected chi connectivity index (χ0v) is 12.4. The molecule has 2 aromatic carbocycles. The Bertz CT molecular complexity index is 582. The molecule has 106 valence electrons. The normalized spacial score (nSPS) is 12.2. The first-order valence-electron chi connectivity index (χ1n) is 6.48. The Balaban J connectivity index is 2.27. The number of rotatable bonds is 4.